The van der Waals surface area contributed by atoms with Gasteiger partial charge < -0.3 is 19.7 Å². The van der Waals surface area contributed by atoms with Crippen LogP contribution in [0.1, 0.15) is 44.3 Å². The molecule has 2 heterocycles. The summed E-state index contributed by atoms with van der Waals surface area (Å²) in [6.45, 7) is 1.37. The molecule has 0 radical (unpaired) electrons. The number of phenols is 2. The lowest BCUT2D eigenvalue weighted by atomic mass is 9.75. The van der Waals surface area contributed by atoms with E-state index in [1.807, 2.05) is 0 Å². The summed E-state index contributed by atoms with van der Waals surface area (Å²) in [6.07, 6.45) is 0. The number of carbonyl (C=O) groups excluding carboxylic acids is 2. The number of ether oxygens (including phenoxy) is 2. The summed E-state index contributed by atoms with van der Waals surface area (Å²) in [6, 6.07) is 14.1. The second-order valence-electron chi connectivity index (χ2n) is 6.82. The van der Waals surface area contributed by atoms with E-state index in [1.165, 1.54) is 31.2 Å². The molecule has 0 fully saturated rings. The lowest BCUT2D eigenvalue weighted by Crippen LogP contribution is -2.34. The van der Waals surface area contributed by atoms with Gasteiger partial charge >= 0.3 is 5.97 Å². The number of phenolic OH excluding ortho intramolecular Hbond substituents is 2. The first kappa shape index (κ1) is 16.4. The fraction of sp³-hybridized carbons (Fsp3) is 0.0909. The van der Waals surface area contributed by atoms with Crippen LogP contribution in [0, 0.1) is 0 Å². The average Bonchev–Trinajstić information content (AvgIpc) is 2.94. The van der Waals surface area contributed by atoms with Gasteiger partial charge in [-0.1, -0.05) is 18.2 Å². The van der Waals surface area contributed by atoms with Crippen molar-refractivity contribution in [2.75, 3.05) is 0 Å². The van der Waals surface area contributed by atoms with E-state index in [-0.39, 0.29) is 34.3 Å². The van der Waals surface area contributed by atoms with Crippen LogP contribution in [0.5, 0.6) is 23.0 Å². The lowest BCUT2D eigenvalue weighted by Gasteiger charge is -2.37. The zero-order chi connectivity index (χ0) is 19.6. The molecule has 2 aliphatic heterocycles. The quantitative estimate of drug-likeness (QED) is 0.496. The van der Waals surface area contributed by atoms with E-state index in [4.69, 9.17) is 9.47 Å². The van der Waals surface area contributed by atoms with Gasteiger partial charge in [-0.2, -0.15) is 0 Å². The molecule has 0 saturated heterocycles. The molecule has 0 bridgehead atoms. The molecule has 0 aliphatic carbocycles. The average molecular weight is 374 g/mol. The van der Waals surface area contributed by atoms with E-state index >= 15 is 0 Å². The summed E-state index contributed by atoms with van der Waals surface area (Å²) in [4.78, 5) is 25.1. The van der Waals surface area contributed by atoms with Crippen LogP contribution in [0.15, 0.2) is 54.6 Å². The van der Waals surface area contributed by atoms with Gasteiger partial charge in [-0.3, -0.25) is 4.79 Å². The zero-order valence-electron chi connectivity index (χ0n) is 14.7. The second kappa shape index (κ2) is 5.36. The Labute approximate surface area is 159 Å². The van der Waals surface area contributed by atoms with Crippen molar-refractivity contribution >= 4 is 11.8 Å². The third kappa shape index (κ3) is 1.97. The highest BCUT2D eigenvalue weighted by molar-refractivity contribution is 6.01. The Bertz CT molecular complexity index is 1200. The number of hydrogen-bond acceptors (Lipinski definition) is 6. The van der Waals surface area contributed by atoms with Gasteiger partial charge in [0.05, 0.1) is 11.1 Å². The highest BCUT2D eigenvalue weighted by Gasteiger charge is 2.55. The number of ketones is 1. The van der Waals surface area contributed by atoms with Crippen LogP contribution in [0.3, 0.4) is 0 Å². The number of esters is 1. The molecule has 5 rings (SSSR count). The Morgan fingerprint density at radius 1 is 0.929 bits per heavy atom. The van der Waals surface area contributed by atoms with E-state index in [1.54, 1.807) is 30.3 Å². The highest BCUT2D eigenvalue weighted by Crippen LogP contribution is 2.58. The first-order chi connectivity index (χ1) is 13.4. The Hall–Kier alpha value is -3.80. The van der Waals surface area contributed by atoms with E-state index in [9.17, 15) is 19.8 Å². The van der Waals surface area contributed by atoms with Crippen LogP contribution in [-0.2, 0) is 10.3 Å². The fourth-order valence-corrected chi connectivity index (χ4v) is 4.06. The molecule has 0 saturated carbocycles. The van der Waals surface area contributed by atoms with Gasteiger partial charge in [0.2, 0.25) is 0 Å². The summed E-state index contributed by atoms with van der Waals surface area (Å²) >= 11 is 0. The van der Waals surface area contributed by atoms with E-state index in [2.05, 4.69) is 0 Å². The van der Waals surface area contributed by atoms with Gasteiger partial charge in [0, 0.05) is 28.8 Å². The number of fused-ring (bicyclic) bond motifs is 6. The number of carbonyl (C=O) groups is 2. The van der Waals surface area contributed by atoms with Crippen LogP contribution in [-0.4, -0.2) is 22.0 Å². The molecule has 1 spiro atoms. The molecule has 0 amide bonds. The van der Waals surface area contributed by atoms with Gasteiger partial charge in [0.1, 0.15) is 23.0 Å². The Morgan fingerprint density at radius 2 is 1.68 bits per heavy atom. The molecule has 0 aromatic heterocycles. The normalized spacial score (nSPS) is 18.7. The predicted molar refractivity (Wildman–Crippen MR) is 98.0 cm³/mol. The number of hydrogen-bond donors (Lipinski definition) is 2. The molecule has 1 atom stereocenters. The molecular formula is C22H14O6. The third-order valence-electron chi connectivity index (χ3n) is 5.15. The summed E-state index contributed by atoms with van der Waals surface area (Å²) in [5.74, 6) is -0.546. The van der Waals surface area contributed by atoms with E-state index in [0.717, 1.165) is 0 Å². The zero-order valence-corrected chi connectivity index (χ0v) is 14.7. The summed E-state index contributed by atoms with van der Waals surface area (Å²) in [7, 11) is 0. The number of aromatic hydroxyl groups is 2. The minimum Gasteiger partial charge on any atom is -0.508 e. The molecule has 2 aliphatic rings. The lowest BCUT2D eigenvalue weighted by molar-refractivity contribution is 0.0220. The van der Waals surface area contributed by atoms with Crippen LogP contribution in [0.25, 0.3) is 0 Å². The molecular weight excluding hydrogens is 360 g/mol. The van der Waals surface area contributed by atoms with Crippen LogP contribution in [0.4, 0.5) is 0 Å². The van der Waals surface area contributed by atoms with E-state index < -0.39 is 11.6 Å². The van der Waals surface area contributed by atoms with E-state index in [0.29, 0.717) is 22.3 Å². The second-order valence-corrected chi connectivity index (χ2v) is 6.82. The van der Waals surface area contributed by atoms with Crippen molar-refractivity contribution in [2.45, 2.75) is 12.5 Å². The smallest absolute Gasteiger partial charge is 0.340 e. The van der Waals surface area contributed by atoms with Gasteiger partial charge in [-0.25, -0.2) is 4.79 Å². The molecule has 3 aromatic carbocycles. The van der Waals surface area contributed by atoms with Gasteiger partial charge in [-0.15, -0.1) is 0 Å². The summed E-state index contributed by atoms with van der Waals surface area (Å²) < 4.78 is 11.9. The third-order valence-corrected chi connectivity index (χ3v) is 5.15. The Morgan fingerprint density at radius 3 is 2.46 bits per heavy atom. The van der Waals surface area contributed by atoms with Crippen molar-refractivity contribution in [3.8, 4) is 23.0 Å². The van der Waals surface area contributed by atoms with Crippen molar-refractivity contribution in [1.82, 2.24) is 0 Å². The Kier molecular flexibility index (Phi) is 3.13. The van der Waals surface area contributed by atoms with Gasteiger partial charge in [0.15, 0.2) is 11.4 Å². The van der Waals surface area contributed by atoms with Crippen molar-refractivity contribution in [1.29, 1.82) is 0 Å². The highest BCUT2D eigenvalue weighted by atomic mass is 16.6. The van der Waals surface area contributed by atoms with Crippen LogP contribution >= 0.6 is 0 Å². The minimum absolute atomic E-state index is 0.0260. The minimum atomic E-state index is -1.42. The number of benzene rings is 3. The molecule has 28 heavy (non-hydrogen) atoms. The number of Topliss-reactive ketones (excluding diaryl/α,β-unsaturated/α-hetero) is 1. The van der Waals surface area contributed by atoms with Crippen LogP contribution < -0.4 is 4.74 Å². The molecule has 3 aromatic rings. The van der Waals surface area contributed by atoms with Crippen molar-refractivity contribution in [2.24, 2.45) is 0 Å². The SMILES string of the molecule is CC(=O)c1cc(O)cc2c1C1(OC(=O)c3ccccc31)c1ccc(O)cc1O2. The predicted octanol–water partition coefficient (Wildman–Crippen LogP) is 3.87. The maximum absolute atomic E-state index is 12.7. The van der Waals surface area contributed by atoms with Crippen molar-refractivity contribution in [3.63, 3.8) is 0 Å². The monoisotopic (exact) mass is 374 g/mol. The van der Waals surface area contributed by atoms with Gasteiger partial charge in [-0.05, 0) is 31.2 Å². The maximum atomic E-state index is 12.7. The molecule has 6 heteroatoms. The van der Waals surface area contributed by atoms with Crippen molar-refractivity contribution in [3.05, 3.63) is 82.4 Å². The van der Waals surface area contributed by atoms with Crippen molar-refractivity contribution < 1.29 is 29.3 Å². The molecule has 138 valence electrons. The molecule has 1 unspecified atom stereocenters. The maximum Gasteiger partial charge on any atom is 0.340 e. The molecule has 2 N–H and O–H groups in total. The van der Waals surface area contributed by atoms with Gasteiger partial charge in [0.25, 0.3) is 0 Å². The number of rotatable bonds is 1. The summed E-state index contributed by atoms with van der Waals surface area (Å²) in [5, 5.41) is 20.0. The largest absolute Gasteiger partial charge is 0.508 e. The first-order valence-corrected chi connectivity index (χ1v) is 8.64. The Balaban J connectivity index is 1.97. The summed E-state index contributed by atoms with van der Waals surface area (Å²) in [5.41, 5.74) is 0.581. The standard InChI is InChI=1S/C22H14O6/c1-11(23)15-8-13(25)10-19-20(15)22(17-7-6-12(24)9-18(17)27-19)16-5-3-2-4-14(16)21(26)28-22/h2-10,24-25H,1H3. The molecule has 6 nitrogen and oxygen atoms in total. The topological polar surface area (TPSA) is 93.1 Å². The van der Waals surface area contributed by atoms with Crippen LogP contribution in [0.2, 0.25) is 0 Å². The fourth-order valence-electron chi connectivity index (χ4n) is 4.06. The first-order valence-electron chi connectivity index (χ1n) is 8.64.